The van der Waals surface area contributed by atoms with Gasteiger partial charge in [0.25, 0.3) is 22.2 Å². The van der Waals surface area contributed by atoms with Crippen LogP contribution >= 0.6 is 68.5 Å². The standard InChI is InChI=1S/C26H21N7O2S.C25H17ClFN7O2S.C25H18ClN7O2S.C25H19FN8O2S/c1-14-6-3-4-9-19(14)33-20(30-25-18(26(33)35)10-15(2)36-25)12-32-24-21(23(27)28-13-29-24)22(31-32)16-7-5-8-17(34)11-16;1-12-10-37-24-19(12)25(36)34(17-5-3-2-4-16(17)26)18(31-24)9-33-23-20(22(28)29-11-30-23)21(32-33)13-6-14(27)8-15(35)7-13;1-13-11-36-24-19(13)25(35)33(17-8-3-2-7-16(17)26)18(30-24)10-32-23-20(22(27)28-12-29-23)21(31-32)14-5-4-6-15(34)9-14;1-12-4-3-5-28-22(12)34-17(31-24-18(25(34)36)13(2)10-37-24)9-33-23-19(21(27)29-11-30-23)20(32-33)14-6-15(26)8-16(35)7-14/h3-11,13,34H,12H2,1-2H3,(H2,27,28,29);2-8,10-11,35H,9H2,1H3,(H2,28,29,30);2-9,11-12,34H,10H2,1H3,(H2,27,28,29);3-8,10-11,35H,9H2,1-2H3,(H2,27,29,30). The number of anilines is 4. The van der Waals surface area contributed by atoms with Gasteiger partial charge in [-0.1, -0.05) is 96.0 Å². The van der Waals surface area contributed by atoms with Gasteiger partial charge in [-0.25, -0.2) is 96.9 Å². The van der Waals surface area contributed by atoms with Crippen molar-refractivity contribution < 1.29 is 29.2 Å². The molecule has 0 unspecified atom stereocenters. The minimum absolute atomic E-state index is 0.0155. The van der Waals surface area contributed by atoms with E-state index in [1.54, 1.807) is 105 Å². The minimum atomic E-state index is -0.638. The zero-order valence-electron chi connectivity index (χ0n) is 77.2. The lowest BCUT2D eigenvalue weighted by Crippen LogP contribution is -2.26. The second-order valence-electron chi connectivity index (χ2n) is 33.7. The van der Waals surface area contributed by atoms with Gasteiger partial charge in [-0.2, -0.15) is 20.4 Å². The summed E-state index contributed by atoms with van der Waals surface area (Å²) in [6.45, 7) is 11.8. The molecule has 0 atom stereocenters. The van der Waals surface area contributed by atoms with E-state index in [1.165, 1.54) is 118 Å². The average molecular weight is 2060 g/mol. The molecule has 146 heavy (non-hydrogen) atoms. The van der Waals surface area contributed by atoms with Gasteiger partial charge in [-0.05, 0) is 176 Å². The first-order valence-electron chi connectivity index (χ1n) is 44.4. The number of pyridine rings is 1. The van der Waals surface area contributed by atoms with Crippen molar-refractivity contribution in [1.82, 2.24) is 122 Å². The van der Waals surface area contributed by atoms with Crippen LogP contribution in [0.4, 0.5) is 32.1 Å². The smallest absolute Gasteiger partial charge is 0.268 e. The van der Waals surface area contributed by atoms with Crippen LogP contribution in [0.3, 0.4) is 0 Å². The second kappa shape index (κ2) is 38.2. The van der Waals surface area contributed by atoms with Crippen LogP contribution in [-0.2, 0) is 26.2 Å². The molecule has 0 spiro atoms. The molecule has 24 aromatic rings. The molecular formula is C101H75Cl2F2N29O8S4. The highest BCUT2D eigenvalue weighted by atomic mass is 35.5. The van der Waals surface area contributed by atoms with E-state index in [0.717, 1.165) is 50.5 Å². The molecule has 0 saturated heterocycles. The number of para-hydroxylation sites is 3. The lowest BCUT2D eigenvalue weighted by atomic mass is 10.1. The molecule has 17 aromatic heterocycles. The molecule has 12 N–H and O–H groups in total. The summed E-state index contributed by atoms with van der Waals surface area (Å²) in [5.41, 5.74) is 35.3. The van der Waals surface area contributed by atoms with Crippen LogP contribution in [0.15, 0.2) is 243 Å². The molecule has 17 heterocycles. The van der Waals surface area contributed by atoms with Crippen molar-refractivity contribution in [3.8, 4) is 90.9 Å². The Labute approximate surface area is 846 Å². The number of thiophene rings is 4. The maximum atomic E-state index is 14.1. The van der Waals surface area contributed by atoms with E-state index in [-0.39, 0.29) is 100 Å². The van der Waals surface area contributed by atoms with Gasteiger partial charge in [0.1, 0.15) is 181 Å². The fraction of sp³-hybridized carbons (Fsp3) is 0.0990. The topological polar surface area (TPSA) is 512 Å². The Hall–Kier alpha value is -17.9. The third kappa shape index (κ3) is 17.4. The third-order valence-electron chi connectivity index (χ3n) is 24.0. The van der Waals surface area contributed by atoms with Crippen molar-refractivity contribution in [1.29, 1.82) is 0 Å². The summed E-state index contributed by atoms with van der Waals surface area (Å²) in [6, 6.07) is 48.1. The lowest BCUT2D eigenvalue weighted by molar-refractivity contribution is 0.468. The van der Waals surface area contributed by atoms with E-state index in [9.17, 15) is 48.4 Å². The summed E-state index contributed by atoms with van der Waals surface area (Å²) in [6.07, 6.45) is 6.97. The maximum absolute atomic E-state index is 14.1. The van der Waals surface area contributed by atoms with Gasteiger partial charge in [0.05, 0.1) is 70.2 Å². The molecule has 0 aliphatic heterocycles. The fourth-order valence-corrected chi connectivity index (χ4v) is 21.6. The van der Waals surface area contributed by atoms with E-state index in [4.69, 9.17) is 76.3 Å². The Morgan fingerprint density at radius 2 is 0.671 bits per heavy atom. The summed E-state index contributed by atoms with van der Waals surface area (Å²) in [4.78, 5) is 116. The summed E-state index contributed by atoms with van der Waals surface area (Å²) < 4.78 is 40.7. The highest BCUT2D eigenvalue weighted by Crippen LogP contribution is 2.41. The molecule has 0 aliphatic carbocycles. The monoisotopic (exact) mass is 2060 g/mol. The molecule has 724 valence electrons. The number of nitrogen functional groups attached to an aromatic ring is 4. The normalized spacial score (nSPS) is 11.5. The molecule has 0 radical (unpaired) electrons. The SMILES string of the molecule is Cc1cc2c(=O)n(-c3ccccc3C)c(Cn3nc(-c4cccc(O)c4)c4c(N)ncnc43)nc2s1.Cc1cccnc1-n1c(Cn2nc(-c3cc(O)cc(F)c3)c3c(N)ncnc32)nc2scc(C)c2c1=O.Cc1csc2nc(Cn3nc(-c4cc(O)cc(F)c4)c4c(N)ncnc43)n(-c3ccccc3Cl)c(=O)c12.Cc1csc2nc(Cn3nc(-c4cccc(O)c4)c4c(N)ncnc43)n(-c3ccccc3Cl)c(=O)c12. The predicted octanol–water partition coefficient (Wildman–Crippen LogP) is 17.2. The van der Waals surface area contributed by atoms with E-state index >= 15 is 0 Å². The van der Waals surface area contributed by atoms with Crippen LogP contribution in [0.25, 0.3) is 153 Å². The highest BCUT2D eigenvalue weighted by molar-refractivity contribution is 7.18. The Morgan fingerprint density at radius 3 is 1.05 bits per heavy atom. The molecule has 45 heteroatoms. The first kappa shape index (κ1) is 94.3. The number of nitrogens with zero attached hydrogens (tertiary/aromatic N) is 25. The molecule has 0 aliphatic rings. The van der Waals surface area contributed by atoms with Crippen LogP contribution in [0, 0.1) is 53.2 Å². The van der Waals surface area contributed by atoms with Crippen LogP contribution in [-0.4, -0.2) is 143 Å². The van der Waals surface area contributed by atoms with Crippen molar-refractivity contribution in [2.75, 3.05) is 22.9 Å². The predicted molar refractivity (Wildman–Crippen MR) is 561 cm³/mol. The average Bonchev–Trinajstić information content (AvgIpc) is 1.63. The third-order valence-corrected chi connectivity index (χ3v) is 28.6. The van der Waals surface area contributed by atoms with E-state index in [1.807, 2.05) is 112 Å². The molecule has 0 fully saturated rings. The van der Waals surface area contributed by atoms with Gasteiger partial charge < -0.3 is 43.4 Å². The van der Waals surface area contributed by atoms with Crippen LogP contribution < -0.4 is 45.2 Å². The van der Waals surface area contributed by atoms with Crippen molar-refractivity contribution in [3.05, 3.63) is 343 Å². The number of aryl methyl sites for hydroxylation is 6. The molecule has 0 bridgehead atoms. The molecule has 24 rings (SSSR count). The zero-order chi connectivity index (χ0) is 102. The quantitative estimate of drug-likeness (QED) is 0.0445. The van der Waals surface area contributed by atoms with Crippen molar-refractivity contribution >= 4 is 177 Å². The summed E-state index contributed by atoms with van der Waals surface area (Å²) in [5, 5.41) is 69.4. The summed E-state index contributed by atoms with van der Waals surface area (Å²) >= 11 is 18.7. The minimum Gasteiger partial charge on any atom is -0.508 e. The summed E-state index contributed by atoms with van der Waals surface area (Å²) in [5.74, 6) is 1.39. The van der Waals surface area contributed by atoms with Crippen molar-refractivity contribution in [3.63, 3.8) is 0 Å². The second-order valence-corrected chi connectivity index (χ2v) is 38.4. The molecule has 7 aromatic carbocycles. The number of rotatable bonds is 16. The van der Waals surface area contributed by atoms with Crippen LogP contribution in [0.2, 0.25) is 10.0 Å². The van der Waals surface area contributed by atoms with Gasteiger partial charge in [0.2, 0.25) is 0 Å². The fourth-order valence-electron chi connectivity index (χ4n) is 17.5. The number of fused-ring (bicyclic) bond motifs is 8. The number of aromatic nitrogens is 25. The number of nitrogens with two attached hydrogens (primary N) is 4. The number of benzene rings is 7. The van der Waals surface area contributed by atoms with Gasteiger partial charge in [-0.15, -0.1) is 45.3 Å². The zero-order valence-corrected chi connectivity index (χ0v) is 82.0. The van der Waals surface area contributed by atoms with E-state index in [2.05, 4.69) is 55.1 Å². The van der Waals surface area contributed by atoms with Crippen molar-refractivity contribution in [2.24, 2.45) is 0 Å². The van der Waals surface area contributed by atoms with E-state index < -0.39 is 11.6 Å². The number of phenolic OH excluding ortho intramolecular Hbond substituents is 4. The largest absolute Gasteiger partial charge is 0.508 e. The Morgan fingerprint density at radius 1 is 0.329 bits per heavy atom. The van der Waals surface area contributed by atoms with Crippen LogP contribution in [0.5, 0.6) is 23.0 Å². The number of hydrogen-bond donors (Lipinski definition) is 8. The van der Waals surface area contributed by atoms with Gasteiger partial charge in [-0.3, -0.25) is 32.9 Å². The Kier molecular flexibility index (Phi) is 24.7. The van der Waals surface area contributed by atoms with Gasteiger partial charge >= 0.3 is 0 Å². The van der Waals surface area contributed by atoms with Gasteiger partial charge in [0, 0.05) is 45.5 Å². The summed E-state index contributed by atoms with van der Waals surface area (Å²) in [7, 11) is 0. The maximum Gasteiger partial charge on any atom is 0.268 e. The van der Waals surface area contributed by atoms with Gasteiger partial charge in [0.15, 0.2) is 22.6 Å². The molecule has 37 nitrogen and oxygen atoms in total. The highest BCUT2D eigenvalue weighted by Gasteiger charge is 2.30. The number of aromatic hydroxyl groups is 4. The molecule has 0 amide bonds. The number of phenols is 4. The Balaban J connectivity index is 0.000000114. The number of hydrogen-bond acceptors (Lipinski definition) is 33. The Bertz CT molecular complexity index is 9270. The number of halogens is 4. The van der Waals surface area contributed by atoms with Crippen molar-refractivity contribution in [2.45, 2.75) is 67.7 Å². The molecule has 0 saturated carbocycles. The van der Waals surface area contributed by atoms with E-state index in [0.29, 0.717) is 175 Å². The lowest BCUT2D eigenvalue weighted by Gasteiger charge is -2.15. The molecular weight excluding hydrogens is 1980 g/mol. The first-order chi connectivity index (χ1) is 70.4. The first-order valence-corrected chi connectivity index (χ1v) is 48.6. The van der Waals surface area contributed by atoms with Crippen LogP contribution in [0.1, 0.15) is 56.0 Å².